The van der Waals surface area contributed by atoms with Gasteiger partial charge in [0.05, 0.1) is 17.3 Å². The molecule has 0 heterocycles. The van der Waals surface area contributed by atoms with Gasteiger partial charge < -0.3 is 15.8 Å². The van der Waals surface area contributed by atoms with Crippen LogP contribution >= 0.6 is 0 Å². The number of ether oxygens (including phenoxy) is 1. The Balaban J connectivity index is 2.71. The quantitative estimate of drug-likeness (QED) is 0.791. The number of nitrogens with two attached hydrogens (primary N) is 1. The molecule has 3 N–H and O–H groups in total. The lowest BCUT2D eigenvalue weighted by Gasteiger charge is -2.16. The molecule has 0 aliphatic rings. The Bertz CT molecular complexity index is 449. The van der Waals surface area contributed by atoms with Crippen LogP contribution in [0.5, 0.6) is 0 Å². The van der Waals surface area contributed by atoms with Gasteiger partial charge in [-0.25, -0.2) is 0 Å². The van der Waals surface area contributed by atoms with Crippen molar-refractivity contribution < 1.29 is 22.7 Å². The number of carbonyl (C=O) groups excluding carboxylic acids is 1. The van der Waals surface area contributed by atoms with Crippen molar-refractivity contribution in [2.75, 3.05) is 19.0 Å². The average molecular weight is 290 g/mol. The predicted molar refractivity (Wildman–Crippen MR) is 69.2 cm³/mol. The van der Waals surface area contributed by atoms with E-state index in [-0.39, 0.29) is 5.69 Å². The highest BCUT2D eigenvalue weighted by Crippen LogP contribution is 2.34. The first-order chi connectivity index (χ1) is 9.36. The molecule has 112 valence electrons. The third-order valence-electron chi connectivity index (χ3n) is 2.69. The van der Waals surface area contributed by atoms with Gasteiger partial charge in [0.1, 0.15) is 0 Å². The Kier molecular flexibility index (Phi) is 5.97. The maximum absolute atomic E-state index is 12.7. The number of para-hydroxylation sites is 1. The fourth-order valence-corrected chi connectivity index (χ4v) is 1.64. The summed E-state index contributed by atoms with van der Waals surface area (Å²) >= 11 is 0. The first-order valence-corrected chi connectivity index (χ1v) is 6.08. The van der Waals surface area contributed by atoms with Crippen molar-refractivity contribution in [2.45, 2.75) is 25.1 Å². The van der Waals surface area contributed by atoms with Crippen LogP contribution in [0.1, 0.15) is 18.4 Å². The molecule has 7 heteroatoms. The smallest absolute Gasteiger partial charge is 0.385 e. The molecule has 0 aliphatic carbocycles. The van der Waals surface area contributed by atoms with Crippen molar-refractivity contribution in [3.63, 3.8) is 0 Å². The lowest BCUT2D eigenvalue weighted by Crippen LogP contribution is -2.36. The summed E-state index contributed by atoms with van der Waals surface area (Å²) in [5.74, 6) is -0.641. The highest BCUT2D eigenvalue weighted by Gasteiger charge is 2.33. The lowest BCUT2D eigenvalue weighted by atomic mass is 10.1. The van der Waals surface area contributed by atoms with E-state index in [9.17, 15) is 18.0 Å². The number of methoxy groups -OCH3 is 1. The fourth-order valence-electron chi connectivity index (χ4n) is 1.64. The second kappa shape index (κ2) is 7.25. The summed E-state index contributed by atoms with van der Waals surface area (Å²) in [5.41, 5.74) is 4.44. The normalized spacial score (nSPS) is 13.1. The number of nitrogens with one attached hydrogen (secondary N) is 1. The van der Waals surface area contributed by atoms with Gasteiger partial charge in [-0.1, -0.05) is 12.1 Å². The van der Waals surface area contributed by atoms with Crippen LogP contribution in [0.3, 0.4) is 0 Å². The zero-order valence-corrected chi connectivity index (χ0v) is 11.0. The molecule has 20 heavy (non-hydrogen) atoms. The molecule has 0 saturated carbocycles. The molecule has 1 unspecified atom stereocenters. The maximum Gasteiger partial charge on any atom is 0.418 e. The Labute approximate surface area is 115 Å². The minimum atomic E-state index is -4.52. The maximum atomic E-state index is 12.7. The van der Waals surface area contributed by atoms with Gasteiger partial charge in [0, 0.05) is 13.7 Å². The van der Waals surface area contributed by atoms with Gasteiger partial charge in [-0.3, -0.25) is 4.79 Å². The van der Waals surface area contributed by atoms with E-state index in [4.69, 9.17) is 10.5 Å². The fraction of sp³-hybridized carbons (Fsp3) is 0.462. The third kappa shape index (κ3) is 4.82. The standard InChI is InChI=1S/C13H17F3N2O2/c1-20-8-4-6-10(17)12(19)18-11-7-3-2-5-9(11)13(14,15)16/h2-3,5,7,10H,4,6,8,17H2,1H3,(H,18,19). The van der Waals surface area contributed by atoms with E-state index in [2.05, 4.69) is 5.32 Å². The highest BCUT2D eigenvalue weighted by atomic mass is 19.4. The molecule has 0 aliphatic heterocycles. The Morgan fingerprint density at radius 3 is 2.65 bits per heavy atom. The van der Waals surface area contributed by atoms with Crippen LogP contribution in [0.2, 0.25) is 0 Å². The molecule has 0 radical (unpaired) electrons. The summed E-state index contributed by atoms with van der Waals surface area (Å²) in [5, 5.41) is 2.22. The molecule has 0 fully saturated rings. The molecule has 0 saturated heterocycles. The second-order valence-electron chi connectivity index (χ2n) is 4.27. The SMILES string of the molecule is COCCCC(N)C(=O)Nc1ccccc1C(F)(F)F. The Morgan fingerprint density at radius 2 is 2.05 bits per heavy atom. The van der Waals surface area contributed by atoms with Crippen molar-refractivity contribution in [1.82, 2.24) is 0 Å². The summed E-state index contributed by atoms with van der Waals surface area (Å²) in [6.07, 6.45) is -3.62. The van der Waals surface area contributed by atoms with E-state index < -0.39 is 23.7 Å². The number of amides is 1. The number of rotatable bonds is 6. The predicted octanol–water partition coefficient (Wildman–Crippen LogP) is 2.40. The largest absolute Gasteiger partial charge is 0.418 e. The Hall–Kier alpha value is -1.60. The minimum Gasteiger partial charge on any atom is -0.385 e. The number of anilines is 1. The number of alkyl halides is 3. The molecule has 0 bridgehead atoms. The number of hydrogen-bond acceptors (Lipinski definition) is 3. The van der Waals surface area contributed by atoms with Gasteiger partial charge in [0.2, 0.25) is 5.91 Å². The summed E-state index contributed by atoms with van der Waals surface area (Å²) in [7, 11) is 1.52. The molecule has 4 nitrogen and oxygen atoms in total. The van der Waals surface area contributed by atoms with Crippen LogP contribution in [0, 0.1) is 0 Å². The van der Waals surface area contributed by atoms with Gasteiger partial charge in [0.15, 0.2) is 0 Å². The average Bonchev–Trinajstić information content (AvgIpc) is 2.38. The molecule has 1 amide bonds. The first kappa shape index (κ1) is 16.5. The highest BCUT2D eigenvalue weighted by molar-refractivity contribution is 5.95. The lowest BCUT2D eigenvalue weighted by molar-refractivity contribution is -0.137. The first-order valence-electron chi connectivity index (χ1n) is 6.08. The second-order valence-corrected chi connectivity index (χ2v) is 4.27. The number of halogens is 3. The van der Waals surface area contributed by atoms with Crippen molar-refractivity contribution >= 4 is 11.6 Å². The van der Waals surface area contributed by atoms with E-state index in [1.165, 1.54) is 25.3 Å². The number of hydrogen-bond donors (Lipinski definition) is 2. The van der Waals surface area contributed by atoms with E-state index in [1.54, 1.807) is 0 Å². The van der Waals surface area contributed by atoms with Crippen molar-refractivity contribution in [3.8, 4) is 0 Å². The van der Waals surface area contributed by atoms with Crippen molar-refractivity contribution in [1.29, 1.82) is 0 Å². The van der Waals surface area contributed by atoms with Gasteiger partial charge in [-0.2, -0.15) is 13.2 Å². The summed E-state index contributed by atoms with van der Waals surface area (Å²) < 4.78 is 43.1. The van der Waals surface area contributed by atoms with Crippen LogP contribution in [0.15, 0.2) is 24.3 Å². The van der Waals surface area contributed by atoms with E-state index in [1.807, 2.05) is 0 Å². The summed E-state index contributed by atoms with van der Waals surface area (Å²) in [4.78, 5) is 11.7. The number of benzene rings is 1. The van der Waals surface area contributed by atoms with Crippen LogP contribution in [0.25, 0.3) is 0 Å². The van der Waals surface area contributed by atoms with Crippen molar-refractivity contribution in [3.05, 3.63) is 29.8 Å². The van der Waals surface area contributed by atoms with Gasteiger partial charge in [0.25, 0.3) is 0 Å². The summed E-state index contributed by atoms with van der Waals surface area (Å²) in [6, 6.07) is 3.92. The zero-order chi connectivity index (χ0) is 15.2. The molecule has 1 atom stereocenters. The number of carbonyl (C=O) groups is 1. The van der Waals surface area contributed by atoms with Crippen molar-refractivity contribution in [2.24, 2.45) is 5.73 Å². The Morgan fingerprint density at radius 1 is 1.40 bits per heavy atom. The van der Waals surface area contributed by atoms with Crippen LogP contribution < -0.4 is 11.1 Å². The molecule has 1 aromatic carbocycles. The minimum absolute atomic E-state index is 0.285. The molecule has 0 spiro atoms. The topological polar surface area (TPSA) is 64.3 Å². The molecule has 1 rings (SSSR count). The zero-order valence-electron chi connectivity index (χ0n) is 11.0. The van der Waals surface area contributed by atoms with Gasteiger partial charge in [-0.05, 0) is 25.0 Å². The van der Waals surface area contributed by atoms with E-state index in [0.717, 1.165) is 6.07 Å². The van der Waals surface area contributed by atoms with Crippen LogP contribution in [-0.4, -0.2) is 25.7 Å². The molecular formula is C13H17F3N2O2. The van der Waals surface area contributed by atoms with Gasteiger partial charge >= 0.3 is 6.18 Å². The molecule has 1 aromatic rings. The van der Waals surface area contributed by atoms with Crippen LogP contribution in [0.4, 0.5) is 18.9 Å². The van der Waals surface area contributed by atoms with Crippen LogP contribution in [-0.2, 0) is 15.7 Å². The van der Waals surface area contributed by atoms with E-state index in [0.29, 0.717) is 19.4 Å². The molecule has 0 aromatic heterocycles. The third-order valence-corrected chi connectivity index (χ3v) is 2.69. The van der Waals surface area contributed by atoms with Gasteiger partial charge in [-0.15, -0.1) is 0 Å². The monoisotopic (exact) mass is 290 g/mol. The summed E-state index contributed by atoms with van der Waals surface area (Å²) in [6.45, 7) is 0.445. The molecular weight excluding hydrogens is 273 g/mol. The van der Waals surface area contributed by atoms with E-state index >= 15 is 0 Å².